The van der Waals surface area contributed by atoms with E-state index >= 15 is 0 Å². The minimum absolute atomic E-state index is 0.122. The molecule has 1 aromatic carbocycles. The molecule has 0 radical (unpaired) electrons. The summed E-state index contributed by atoms with van der Waals surface area (Å²) in [4.78, 5) is 38.6. The van der Waals surface area contributed by atoms with Crippen LogP contribution in [0.4, 0.5) is 4.79 Å². The number of carbonyl (C=O) groups is 3. The van der Waals surface area contributed by atoms with Crippen molar-refractivity contribution in [2.45, 2.75) is 26.7 Å². The highest BCUT2D eigenvalue weighted by atomic mass is 32.2. The summed E-state index contributed by atoms with van der Waals surface area (Å²) in [5.74, 6) is -0.371. The molecule has 7 nitrogen and oxygen atoms in total. The van der Waals surface area contributed by atoms with E-state index < -0.39 is 5.92 Å². The molecule has 2 heterocycles. The van der Waals surface area contributed by atoms with Crippen molar-refractivity contribution in [2.75, 3.05) is 13.1 Å². The summed E-state index contributed by atoms with van der Waals surface area (Å²) in [5, 5.41) is 6.31. The van der Waals surface area contributed by atoms with Crippen LogP contribution in [0.1, 0.15) is 35.4 Å². The molecule has 0 spiro atoms. The number of carbonyl (C=O) groups excluding carboxylic acids is 3. The Balaban J connectivity index is 1.57. The van der Waals surface area contributed by atoms with Crippen LogP contribution >= 0.6 is 11.8 Å². The fourth-order valence-corrected chi connectivity index (χ4v) is 3.94. The van der Waals surface area contributed by atoms with Gasteiger partial charge in [-0.1, -0.05) is 35.5 Å². The molecule has 1 aliphatic heterocycles. The van der Waals surface area contributed by atoms with Gasteiger partial charge in [-0.25, -0.2) is 0 Å². The van der Waals surface area contributed by atoms with Crippen molar-refractivity contribution in [3.63, 3.8) is 0 Å². The van der Waals surface area contributed by atoms with E-state index in [1.165, 1.54) is 0 Å². The number of nitrogens with one attached hydrogen (secondary N) is 1. The largest absolute Gasteiger partial charge is 0.361 e. The Bertz CT molecular complexity index is 917. The van der Waals surface area contributed by atoms with E-state index in [1.807, 2.05) is 30.3 Å². The average molecular weight is 399 g/mol. The van der Waals surface area contributed by atoms with Crippen LogP contribution in [0.2, 0.25) is 0 Å². The van der Waals surface area contributed by atoms with Crippen LogP contribution in [0.25, 0.3) is 6.08 Å². The minimum Gasteiger partial charge on any atom is -0.361 e. The van der Waals surface area contributed by atoms with Crippen LogP contribution in [-0.4, -0.2) is 40.2 Å². The van der Waals surface area contributed by atoms with Gasteiger partial charge in [0.05, 0.1) is 16.5 Å². The Morgan fingerprint density at radius 2 is 2.00 bits per heavy atom. The Labute approximate surface area is 167 Å². The number of nitrogens with zero attached hydrogens (tertiary/aromatic N) is 2. The molecule has 1 aromatic heterocycles. The molecule has 0 saturated carbocycles. The van der Waals surface area contributed by atoms with Gasteiger partial charge in [-0.3, -0.25) is 19.3 Å². The number of rotatable bonds is 6. The van der Waals surface area contributed by atoms with Gasteiger partial charge in [-0.2, -0.15) is 0 Å². The van der Waals surface area contributed by atoms with Gasteiger partial charge in [0.25, 0.3) is 11.1 Å². The molecule has 1 fully saturated rings. The normalized spacial score (nSPS) is 16.7. The van der Waals surface area contributed by atoms with Gasteiger partial charge in [0.15, 0.2) is 0 Å². The molecule has 1 unspecified atom stereocenters. The molecular weight excluding hydrogens is 378 g/mol. The molecule has 3 rings (SSSR count). The second-order valence-electron chi connectivity index (χ2n) is 6.49. The lowest BCUT2D eigenvalue weighted by Crippen LogP contribution is -2.38. The van der Waals surface area contributed by atoms with E-state index in [0.717, 1.165) is 27.8 Å². The summed E-state index contributed by atoms with van der Waals surface area (Å²) in [6.45, 7) is 5.62. The van der Waals surface area contributed by atoms with E-state index in [-0.39, 0.29) is 30.1 Å². The number of imide groups is 1. The first kappa shape index (κ1) is 19.9. The SMILES string of the molecule is Cc1noc(C)c1C(C)C(=O)NCCN1C(=O)S/C(=C/c2ccccc2)C1=O. The predicted molar refractivity (Wildman–Crippen MR) is 107 cm³/mol. The van der Waals surface area contributed by atoms with E-state index in [4.69, 9.17) is 4.52 Å². The molecule has 1 aliphatic rings. The van der Waals surface area contributed by atoms with E-state index in [0.29, 0.717) is 16.4 Å². The lowest BCUT2D eigenvalue weighted by molar-refractivity contribution is -0.124. The molecule has 28 heavy (non-hydrogen) atoms. The molecule has 8 heteroatoms. The summed E-state index contributed by atoms with van der Waals surface area (Å²) in [7, 11) is 0. The summed E-state index contributed by atoms with van der Waals surface area (Å²) < 4.78 is 5.10. The van der Waals surface area contributed by atoms with Crippen molar-refractivity contribution in [3.05, 3.63) is 57.8 Å². The Hall–Kier alpha value is -2.87. The third kappa shape index (κ3) is 4.17. The summed E-state index contributed by atoms with van der Waals surface area (Å²) in [6.07, 6.45) is 1.70. The van der Waals surface area contributed by atoms with E-state index in [9.17, 15) is 14.4 Å². The maximum atomic E-state index is 12.5. The third-order valence-electron chi connectivity index (χ3n) is 4.52. The number of benzene rings is 1. The predicted octanol–water partition coefficient (Wildman–Crippen LogP) is 3.25. The number of aryl methyl sites for hydroxylation is 2. The summed E-state index contributed by atoms with van der Waals surface area (Å²) in [5.41, 5.74) is 2.29. The van der Waals surface area contributed by atoms with Crippen LogP contribution in [0.5, 0.6) is 0 Å². The highest BCUT2D eigenvalue weighted by Gasteiger charge is 2.34. The van der Waals surface area contributed by atoms with Crippen molar-refractivity contribution in [3.8, 4) is 0 Å². The van der Waals surface area contributed by atoms with Crippen LogP contribution in [0.15, 0.2) is 39.8 Å². The number of aromatic nitrogens is 1. The third-order valence-corrected chi connectivity index (χ3v) is 5.43. The molecular formula is C20H21N3O4S. The maximum Gasteiger partial charge on any atom is 0.293 e. The standard InChI is InChI=1S/C20H21N3O4S/c1-12(17-13(2)22-27-14(17)3)18(24)21-9-10-23-19(25)16(28-20(23)26)11-15-7-5-4-6-8-15/h4-8,11-12H,9-10H2,1-3H3,(H,21,24)/b16-11+. The second-order valence-corrected chi connectivity index (χ2v) is 7.49. The Kier molecular flexibility index (Phi) is 5.99. The first-order valence-electron chi connectivity index (χ1n) is 8.89. The van der Waals surface area contributed by atoms with Crippen molar-refractivity contribution < 1.29 is 18.9 Å². The van der Waals surface area contributed by atoms with Gasteiger partial charge >= 0.3 is 0 Å². The molecule has 146 valence electrons. The molecule has 1 atom stereocenters. The van der Waals surface area contributed by atoms with Gasteiger partial charge in [0.1, 0.15) is 5.76 Å². The van der Waals surface area contributed by atoms with Crippen molar-refractivity contribution in [2.24, 2.45) is 0 Å². The average Bonchev–Trinajstić information content (AvgIpc) is 3.14. The summed E-state index contributed by atoms with van der Waals surface area (Å²) in [6, 6.07) is 9.35. The number of amides is 3. The second kappa shape index (κ2) is 8.43. The van der Waals surface area contributed by atoms with Gasteiger partial charge < -0.3 is 9.84 Å². The Morgan fingerprint density at radius 1 is 1.29 bits per heavy atom. The van der Waals surface area contributed by atoms with Crippen LogP contribution < -0.4 is 5.32 Å². The zero-order valence-corrected chi connectivity index (χ0v) is 16.7. The van der Waals surface area contributed by atoms with Gasteiger partial charge in [0.2, 0.25) is 5.91 Å². The van der Waals surface area contributed by atoms with Crippen molar-refractivity contribution in [1.82, 2.24) is 15.4 Å². The number of thioether (sulfide) groups is 1. The first-order chi connectivity index (χ1) is 13.4. The van der Waals surface area contributed by atoms with E-state index in [1.54, 1.807) is 26.8 Å². The van der Waals surface area contributed by atoms with Gasteiger partial charge in [-0.05, 0) is 44.2 Å². The van der Waals surface area contributed by atoms with Crippen LogP contribution in [-0.2, 0) is 9.59 Å². The molecule has 3 amide bonds. The zero-order valence-electron chi connectivity index (χ0n) is 15.9. The van der Waals surface area contributed by atoms with Gasteiger partial charge in [-0.15, -0.1) is 0 Å². The number of hydrogen-bond donors (Lipinski definition) is 1. The smallest absolute Gasteiger partial charge is 0.293 e. The number of hydrogen-bond acceptors (Lipinski definition) is 6. The van der Waals surface area contributed by atoms with Crippen molar-refractivity contribution >= 4 is 34.9 Å². The topological polar surface area (TPSA) is 92.5 Å². The monoisotopic (exact) mass is 399 g/mol. The molecule has 1 N–H and O–H groups in total. The maximum absolute atomic E-state index is 12.5. The van der Waals surface area contributed by atoms with Gasteiger partial charge in [0, 0.05) is 18.7 Å². The Morgan fingerprint density at radius 3 is 2.64 bits per heavy atom. The lowest BCUT2D eigenvalue weighted by Gasteiger charge is -2.15. The highest BCUT2D eigenvalue weighted by Crippen LogP contribution is 2.31. The minimum atomic E-state index is -0.431. The lowest BCUT2D eigenvalue weighted by atomic mass is 9.99. The zero-order chi connectivity index (χ0) is 20.3. The molecule has 2 aromatic rings. The molecule has 0 aliphatic carbocycles. The fraction of sp³-hybridized carbons (Fsp3) is 0.300. The summed E-state index contributed by atoms with van der Waals surface area (Å²) >= 11 is 0.909. The fourth-order valence-electron chi connectivity index (χ4n) is 3.08. The molecule has 1 saturated heterocycles. The van der Waals surface area contributed by atoms with Crippen LogP contribution in [0.3, 0.4) is 0 Å². The van der Waals surface area contributed by atoms with E-state index in [2.05, 4.69) is 10.5 Å². The molecule has 0 bridgehead atoms. The first-order valence-corrected chi connectivity index (χ1v) is 9.71. The quantitative estimate of drug-likeness (QED) is 0.750. The highest BCUT2D eigenvalue weighted by molar-refractivity contribution is 8.18. The van der Waals surface area contributed by atoms with Crippen molar-refractivity contribution in [1.29, 1.82) is 0 Å². The van der Waals surface area contributed by atoms with Crippen LogP contribution in [0, 0.1) is 13.8 Å².